The van der Waals surface area contributed by atoms with E-state index in [-0.39, 0.29) is 5.91 Å². The number of hydrogen-bond acceptors (Lipinski definition) is 3. The zero-order valence-electron chi connectivity index (χ0n) is 15.5. The Morgan fingerprint density at radius 3 is 1.90 bits per heavy atom. The molecule has 6 heteroatoms. The van der Waals surface area contributed by atoms with Crippen molar-refractivity contribution >= 4 is 46.3 Å². The monoisotopic (exact) mass is 425 g/mol. The van der Waals surface area contributed by atoms with Crippen molar-refractivity contribution in [2.45, 2.75) is 0 Å². The van der Waals surface area contributed by atoms with Gasteiger partial charge in [0.15, 0.2) is 0 Å². The standard InChI is InChI=1S/C23H17Cl2NO3/c1-29-23(28)17-3-2-4-20(13-17)26-22(27)14-21(15-5-9-18(24)10-6-15)16-7-11-19(25)12-8-16/h2-14H,1H3,(H,26,27). The second-order valence-corrected chi connectivity index (χ2v) is 7.01. The van der Waals surface area contributed by atoms with Gasteiger partial charge in [-0.1, -0.05) is 53.5 Å². The summed E-state index contributed by atoms with van der Waals surface area (Å²) in [5.41, 5.74) is 3.20. The number of methoxy groups -OCH3 is 1. The molecule has 3 rings (SSSR count). The first-order chi connectivity index (χ1) is 14.0. The average Bonchev–Trinajstić information content (AvgIpc) is 2.73. The molecule has 0 aromatic heterocycles. The SMILES string of the molecule is COC(=O)c1cccc(NC(=O)C=C(c2ccc(Cl)cc2)c2ccc(Cl)cc2)c1. The smallest absolute Gasteiger partial charge is 0.337 e. The molecule has 29 heavy (non-hydrogen) atoms. The molecule has 1 N–H and O–H groups in total. The van der Waals surface area contributed by atoms with E-state index in [0.717, 1.165) is 11.1 Å². The van der Waals surface area contributed by atoms with Crippen molar-refractivity contribution in [1.82, 2.24) is 0 Å². The van der Waals surface area contributed by atoms with E-state index in [4.69, 9.17) is 27.9 Å². The number of amides is 1. The van der Waals surface area contributed by atoms with E-state index in [0.29, 0.717) is 26.9 Å². The summed E-state index contributed by atoms with van der Waals surface area (Å²) in [4.78, 5) is 24.4. The fraction of sp³-hybridized carbons (Fsp3) is 0.0435. The maximum Gasteiger partial charge on any atom is 0.337 e. The zero-order valence-corrected chi connectivity index (χ0v) is 17.0. The highest BCUT2D eigenvalue weighted by atomic mass is 35.5. The Balaban J connectivity index is 1.93. The summed E-state index contributed by atoms with van der Waals surface area (Å²) < 4.78 is 4.71. The molecular formula is C23H17Cl2NO3. The first-order valence-corrected chi connectivity index (χ1v) is 9.45. The Bertz CT molecular complexity index is 1010. The number of hydrogen-bond donors (Lipinski definition) is 1. The lowest BCUT2D eigenvalue weighted by molar-refractivity contribution is -0.111. The molecule has 0 atom stereocenters. The third-order valence-electron chi connectivity index (χ3n) is 4.14. The zero-order chi connectivity index (χ0) is 20.8. The Kier molecular flexibility index (Phi) is 6.70. The minimum atomic E-state index is -0.473. The van der Waals surface area contributed by atoms with Gasteiger partial charge in [-0.05, 0) is 59.2 Å². The summed E-state index contributed by atoms with van der Waals surface area (Å²) in [5.74, 6) is -0.813. The average molecular weight is 426 g/mol. The van der Waals surface area contributed by atoms with Crippen LogP contribution in [-0.4, -0.2) is 19.0 Å². The van der Waals surface area contributed by atoms with Crippen molar-refractivity contribution in [2.24, 2.45) is 0 Å². The molecule has 0 spiro atoms. The number of carbonyl (C=O) groups is 2. The first-order valence-electron chi connectivity index (χ1n) is 8.69. The Labute approximate surface area is 178 Å². The molecule has 4 nitrogen and oxygen atoms in total. The van der Waals surface area contributed by atoms with Crippen LogP contribution in [0.1, 0.15) is 21.5 Å². The molecule has 0 saturated heterocycles. The van der Waals surface area contributed by atoms with Crippen LogP contribution >= 0.6 is 23.2 Å². The Morgan fingerprint density at radius 1 is 0.828 bits per heavy atom. The molecule has 0 bridgehead atoms. The molecule has 3 aromatic carbocycles. The van der Waals surface area contributed by atoms with Crippen LogP contribution < -0.4 is 5.32 Å². The summed E-state index contributed by atoms with van der Waals surface area (Å²) in [7, 11) is 1.31. The topological polar surface area (TPSA) is 55.4 Å². The van der Waals surface area contributed by atoms with Crippen LogP contribution in [0.5, 0.6) is 0 Å². The van der Waals surface area contributed by atoms with Crippen LogP contribution in [0.25, 0.3) is 5.57 Å². The van der Waals surface area contributed by atoms with Crippen molar-refractivity contribution in [3.63, 3.8) is 0 Å². The molecule has 0 saturated carbocycles. The predicted molar refractivity (Wildman–Crippen MR) is 116 cm³/mol. The van der Waals surface area contributed by atoms with Gasteiger partial charge in [-0.25, -0.2) is 4.79 Å². The van der Waals surface area contributed by atoms with E-state index in [1.165, 1.54) is 13.2 Å². The molecule has 0 heterocycles. The summed E-state index contributed by atoms with van der Waals surface area (Å²) in [6.07, 6.45) is 1.50. The summed E-state index contributed by atoms with van der Waals surface area (Å²) >= 11 is 12.0. The van der Waals surface area contributed by atoms with Gasteiger partial charge < -0.3 is 10.1 Å². The fourth-order valence-electron chi connectivity index (χ4n) is 2.74. The van der Waals surface area contributed by atoms with Crippen molar-refractivity contribution in [2.75, 3.05) is 12.4 Å². The third-order valence-corrected chi connectivity index (χ3v) is 4.64. The van der Waals surface area contributed by atoms with E-state index in [1.54, 1.807) is 48.5 Å². The third kappa shape index (κ3) is 5.47. The quantitative estimate of drug-likeness (QED) is 0.411. The lowest BCUT2D eigenvalue weighted by atomic mass is 9.97. The van der Waals surface area contributed by atoms with E-state index in [2.05, 4.69) is 5.32 Å². The second kappa shape index (κ2) is 9.41. The second-order valence-electron chi connectivity index (χ2n) is 6.13. The van der Waals surface area contributed by atoms with Crippen molar-refractivity contribution in [3.05, 3.63) is 106 Å². The number of halogens is 2. The molecular weight excluding hydrogens is 409 g/mol. The number of benzene rings is 3. The van der Waals surface area contributed by atoms with Crippen molar-refractivity contribution < 1.29 is 14.3 Å². The van der Waals surface area contributed by atoms with Crippen molar-refractivity contribution in [1.29, 1.82) is 0 Å². The molecule has 3 aromatic rings. The molecule has 0 unspecified atom stereocenters. The molecule has 0 aliphatic rings. The van der Waals surface area contributed by atoms with Crippen LogP contribution in [0.4, 0.5) is 5.69 Å². The molecule has 146 valence electrons. The van der Waals surface area contributed by atoms with Gasteiger partial charge in [-0.15, -0.1) is 0 Å². The summed E-state index contributed by atoms with van der Waals surface area (Å²) in [6.45, 7) is 0. The van der Waals surface area contributed by atoms with E-state index in [9.17, 15) is 9.59 Å². The first kappa shape index (κ1) is 20.6. The maximum atomic E-state index is 12.7. The van der Waals surface area contributed by atoms with Gasteiger partial charge in [0, 0.05) is 21.8 Å². The lowest BCUT2D eigenvalue weighted by Crippen LogP contribution is -2.10. The van der Waals surface area contributed by atoms with Gasteiger partial charge in [0.05, 0.1) is 12.7 Å². The van der Waals surface area contributed by atoms with Crippen LogP contribution in [0.2, 0.25) is 10.0 Å². The highest BCUT2D eigenvalue weighted by Crippen LogP contribution is 2.26. The number of carbonyl (C=O) groups excluding carboxylic acids is 2. The number of rotatable bonds is 5. The lowest BCUT2D eigenvalue weighted by Gasteiger charge is -2.10. The van der Waals surface area contributed by atoms with Crippen LogP contribution in [0.3, 0.4) is 0 Å². The van der Waals surface area contributed by atoms with Gasteiger partial charge in [0.25, 0.3) is 0 Å². The molecule has 1 amide bonds. The molecule has 0 aliphatic heterocycles. The number of anilines is 1. The normalized spacial score (nSPS) is 10.2. The van der Waals surface area contributed by atoms with Gasteiger partial charge in [0.1, 0.15) is 0 Å². The van der Waals surface area contributed by atoms with Gasteiger partial charge in [-0.3, -0.25) is 4.79 Å². The largest absolute Gasteiger partial charge is 0.465 e. The molecule has 0 fully saturated rings. The number of esters is 1. The fourth-order valence-corrected chi connectivity index (χ4v) is 3.00. The Morgan fingerprint density at radius 2 is 1.38 bits per heavy atom. The van der Waals surface area contributed by atoms with Gasteiger partial charge in [0.2, 0.25) is 5.91 Å². The Hall–Kier alpha value is -3.08. The van der Waals surface area contributed by atoms with Crippen LogP contribution in [-0.2, 0) is 9.53 Å². The highest BCUT2D eigenvalue weighted by Gasteiger charge is 2.10. The maximum absolute atomic E-state index is 12.7. The molecule has 0 radical (unpaired) electrons. The van der Waals surface area contributed by atoms with Crippen LogP contribution in [0.15, 0.2) is 78.9 Å². The number of ether oxygens (including phenoxy) is 1. The predicted octanol–water partition coefficient (Wildman–Crippen LogP) is 5.85. The van der Waals surface area contributed by atoms with Crippen LogP contribution in [0, 0.1) is 0 Å². The highest BCUT2D eigenvalue weighted by molar-refractivity contribution is 6.31. The van der Waals surface area contributed by atoms with Crippen molar-refractivity contribution in [3.8, 4) is 0 Å². The van der Waals surface area contributed by atoms with E-state index in [1.807, 2.05) is 24.3 Å². The minimum absolute atomic E-state index is 0.341. The summed E-state index contributed by atoms with van der Waals surface area (Å²) in [6, 6.07) is 21.0. The van der Waals surface area contributed by atoms with Gasteiger partial charge in [-0.2, -0.15) is 0 Å². The minimum Gasteiger partial charge on any atom is -0.465 e. The summed E-state index contributed by atoms with van der Waals surface area (Å²) in [5, 5.41) is 3.99. The number of nitrogens with one attached hydrogen (secondary N) is 1. The van der Waals surface area contributed by atoms with E-state index >= 15 is 0 Å². The van der Waals surface area contributed by atoms with E-state index < -0.39 is 5.97 Å². The van der Waals surface area contributed by atoms with Gasteiger partial charge >= 0.3 is 5.97 Å². The molecule has 0 aliphatic carbocycles.